The Kier molecular flexibility index (Phi) is 4.03. The van der Waals surface area contributed by atoms with Crippen molar-refractivity contribution < 1.29 is 14.2 Å². The Balaban J connectivity index is 3.35. The first kappa shape index (κ1) is 11.9. The molecular weight excluding hydrogens is 260 g/mol. The third-order valence-electron chi connectivity index (χ3n) is 1.98. The van der Waals surface area contributed by atoms with Crippen molar-refractivity contribution in [3.8, 4) is 17.2 Å². The van der Waals surface area contributed by atoms with Crippen LogP contribution in [0.25, 0.3) is 4.48 Å². The lowest BCUT2D eigenvalue weighted by Crippen LogP contribution is -1.95. The number of methoxy groups -OCH3 is 3. The molecule has 1 aromatic rings. The van der Waals surface area contributed by atoms with Gasteiger partial charge in [0.25, 0.3) is 0 Å². The Bertz CT molecular complexity index is 349. The van der Waals surface area contributed by atoms with Gasteiger partial charge in [0.2, 0.25) is 5.75 Å². The summed E-state index contributed by atoms with van der Waals surface area (Å²) in [5.74, 6) is 1.82. The van der Waals surface area contributed by atoms with Crippen LogP contribution < -0.4 is 14.2 Å². The first-order chi connectivity index (χ1) is 7.13. The van der Waals surface area contributed by atoms with Crippen LogP contribution in [-0.4, -0.2) is 21.3 Å². The molecule has 0 aliphatic rings. The molecule has 0 saturated carbocycles. The molecule has 0 bridgehead atoms. The molecule has 0 fully saturated rings. The van der Waals surface area contributed by atoms with Gasteiger partial charge >= 0.3 is 0 Å². The van der Waals surface area contributed by atoms with Crippen molar-refractivity contribution in [1.82, 2.24) is 0 Å². The summed E-state index contributed by atoms with van der Waals surface area (Å²) in [6.07, 6.45) is 0. The van der Waals surface area contributed by atoms with E-state index in [0.29, 0.717) is 17.2 Å². The second kappa shape index (κ2) is 5.07. The smallest absolute Gasteiger partial charge is 0.203 e. The molecule has 0 heterocycles. The highest BCUT2D eigenvalue weighted by Gasteiger charge is 2.13. The van der Waals surface area contributed by atoms with Gasteiger partial charge in [-0.2, -0.15) is 0 Å². The summed E-state index contributed by atoms with van der Waals surface area (Å²) in [6.45, 7) is 3.80. The summed E-state index contributed by atoms with van der Waals surface area (Å²) in [5.41, 5.74) is 0.893. The van der Waals surface area contributed by atoms with Crippen molar-refractivity contribution in [1.29, 1.82) is 0 Å². The second-order valence-electron chi connectivity index (χ2n) is 2.82. The van der Waals surface area contributed by atoms with Crippen LogP contribution in [0.5, 0.6) is 17.2 Å². The molecule has 0 aliphatic carbocycles. The average Bonchev–Trinajstić information content (AvgIpc) is 2.26. The van der Waals surface area contributed by atoms with E-state index in [9.17, 15) is 0 Å². The summed E-state index contributed by atoms with van der Waals surface area (Å²) >= 11 is 3.31. The fourth-order valence-electron chi connectivity index (χ4n) is 1.24. The van der Waals surface area contributed by atoms with Gasteiger partial charge in [0.1, 0.15) is 0 Å². The number of halogens is 1. The topological polar surface area (TPSA) is 27.7 Å². The average molecular weight is 273 g/mol. The summed E-state index contributed by atoms with van der Waals surface area (Å²) < 4.78 is 16.4. The van der Waals surface area contributed by atoms with E-state index in [1.807, 2.05) is 12.1 Å². The van der Waals surface area contributed by atoms with E-state index in [1.54, 1.807) is 21.3 Å². The van der Waals surface area contributed by atoms with Crippen molar-refractivity contribution in [2.75, 3.05) is 21.3 Å². The number of hydrogen-bond donors (Lipinski definition) is 0. The highest BCUT2D eigenvalue weighted by atomic mass is 79.9. The Hall–Kier alpha value is -1.16. The molecule has 0 unspecified atom stereocenters. The molecule has 3 nitrogen and oxygen atoms in total. The van der Waals surface area contributed by atoms with E-state index >= 15 is 0 Å². The molecule has 15 heavy (non-hydrogen) atoms. The highest BCUT2D eigenvalue weighted by molar-refractivity contribution is 9.15. The van der Waals surface area contributed by atoms with E-state index in [1.165, 1.54) is 0 Å². The zero-order valence-electron chi connectivity index (χ0n) is 8.96. The van der Waals surface area contributed by atoms with Gasteiger partial charge < -0.3 is 14.2 Å². The molecular formula is C11H13BrO3. The molecule has 0 spiro atoms. The van der Waals surface area contributed by atoms with Crippen LogP contribution in [0.3, 0.4) is 0 Å². The Morgan fingerprint density at radius 1 is 1.07 bits per heavy atom. The molecule has 82 valence electrons. The van der Waals surface area contributed by atoms with Crippen molar-refractivity contribution >= 4 is 20.4 Å². The molecule has 1 rings (SSSR count). The van der Waals surface area contributed by atoms with Crippen LogP contribution in [0.2, 0.25) is 0 Å². The van der Waals surface area contributed by atoms with Crippen LogP contribution in [0.15, 0.2) is 18.7 Å². The van der Waals surface area contributed by atoms with E-state index in [0.717, 1.165) is 10.0 Å². The SMILES string of the molecule is C=C(Br)c1cc(OC)c(OC)c(OC)c1. The minimum atomic E-state index is 0.581. The quantitative estimate of drug-likeness (QED) is 0.843. The minimum Gasteiger partial charge on any atom is -0.493 e. The third-order valence-corrected chi connectivity index (χ3v) is 2.44. The second-order valence-corrected chi connectivity index (χ2v) is 3.78. The van der Waals surface area contributed by atoms with E-state index in [-0.39, 0.29) is 0 Å². The zero-order valence-corrected chi connectivity index (χ0v) is 10.6. The maximum Gasteiger partial charge on any atom is 0.203 e. The molecule has 0 saturated heterocycles. The van der Waals surface area contributed by atoms with Crippen molar-refractivity contribution in [3.63, 3.8) is 0 Å². The molecule has 4 heteroatoms. The zero-order chi connectivity index (χ0) is 11.4. The van der Waals surface area contributed by atoms with Crippen molar-refractivity contribution in [3.05, 3.63) is 24.3 Å². The maximum atomic E-state index is 5.20. The highest BCUT2D eigenvalue weighted by Crippen LogP contribution is 2.40. The monoisotopic (exact) mass is 272 g/mol. The van der Waals surface area contributed by atoms with Gasteiger partial charge in [0, 0.05) is 4.48 Å². The molecule has 0 N–H and O–H groups in total. The third kappa shape index (κ3) is 2.45. The summed E-state index contributed by atoms with van der Waals surface area (Å²) in [4.78, 5) is 0. The lowest BCUT2D eigenvalue weighted by atomic mass is 10.2. The lowest BCUT2D eigenvalue weighted by molar-refractivity contribution is 0.324. The normalized spacial score (nSPS) is 9.60. The predicted molar refractivity (Wildman–Crippen MR) is 64.1 cm³/mol. The number of ether oxygens (including phenoxy) is 3. The first-order valence-corrected chi connectivity index (χ1v) is 5.08. The van der Waals surface area contributed by atoms with E-state index in [2.05, 4.69) is 22.5 Å². The van der Waals surface area contributed by atoms with Gasteiger partial charge in [0.05, 0.1) is 21.3 Å². The van der Waals surface area contributed by atoms with Gasteiger partial charge in [-0.05, 0) is 17.7 Å². The van der Waals surface area contributed by atoms with E-state index < -0.39 is 0 Å². The van der Waals surface area contributed by atoms with Crippen LogP contribution in [0, 0.1) is 0 Å². The van der Waals surface area contributed by atoms with Crippen molar-refractivity contribution in [2.45, 2.75) is 0 Å². The standard InChI is InChI=1S/C11H13BrO3/c1-7(12)8-5-9(13-2)11(15-4)10(6-8)14-3/h5-6H,1H2,2-4H3. The van der Waals surface area contributed by atoms with E-state index in [4.69, 9.17) is 14.2 Å². The number of rotatable bonds is 4. The van der Waals surface area contributed by atoms with Gasteiger partial charge in [0.15, 0.2) is 11.5 Å². The molecule has 0 radical (unpaired) electrons. The number of benzene rings is 1. The van der Waals surface area contributed by atoms with Gasteiger partial charge in [-0.25, -0.2) is 0 Å². The summed E-state index contributed by atoms with van der Waals surface area (Å²) in [6, 6.07) is 3.66. The molecule has 0 atom stereocenters. The number of hydrogen-bond acceptors (Lipinski definition) is 3. The Labute approximate surface area is 97.8 Å². The van der Waals surface area contributed by atoms with Crippen LogP contribution >= 0.6 is 15.9 Å². The summed E-state index contributed by atoms with van der Waals surface area (Å²) in [7, 11) is 4.74. The fraction of sp³-hybridized carbons (Fsp3) is 0.273. The van der Waals surface area contributed by atoms with Crippen LogP contribution in [-0.2, 0) is 0 Å². The fourth-order valence-corrected chi connectivity index (χ4v) is 1.47. The predicted octanol–water partition coefficient (Wildman–Crippen LogP) is 3.08. The molecule has 0 aliphatic heterocycles. The largest absolute Gasteiger partial charge is 0.493 e. The van der Waals surface area contributed by atoms with Crippen LogP contribution in [0.4, 0.5) is 0 Å². The summed E-state index contributed by atoms with van der Waals surface area (Å²) in [5, 5.41) is 0. The minimum absolute atomic E-state index is 0.581. The molecule has 0 amide bonds. The van der Waals surface area contributed by atoms with Gasteiger partial charge in [-0.15, -0.1) is 0 Å². The molecule has 1 aromatic carbocycles. The first-order valence-electron chi connectivity index (χ1n) is 4.28. The lowest BCUT2D eigenvalue weighted by Gasteiger charge is -2.13. The van der Waals surface area contributed by atoms with Gasteiger partial charge in [-0.1, -0.05) is 22.5 Å². The molecule has 0 aromatic heterocycles. The van der Waals surface area contributed by atoms with Crippen LogP contribution in [0.1, 0.15) is 5.56 Å². The Morgan fingerprint density at radius 3 is 1.80 bits per heavy atom. The van der Waals surface area contributed by atoms with Crippen molar-refractivity contribution in [2.24, 2.45) is 0 Å². The van der Waals surface area contributed by atoms with Gasteiger partial charge in [-0.3, -0.25) is 0 Å². The Morgan fingerprint density at radius 2 is 1.53 bits per heavy atom. The maximum absolute atomic E-state index is 5.20.